The number of rotatable bonds is 4. The minimum atomic E-state index is 0.266. The maximum Gasteiger partial charge on any atom is 0.232 e. The van der Waals surface area contributed by atoms with E-state index in [1.165, 1.54) is 0 Å². The van der Waals surface area contributed by atoms with Crippen LogP contribution in [0.3, 0.4) is 0 Å². The van der Waals surface area contributed by atoms with Crippen molar-refractivity contribution in [3.05, 3.63) is 0 Å². The summed E-state index contributed by atoms with van der Waals surface area (Å²) in [5.41, 5.74) is 0. The summed E-state index contributed by atoms with van der Waals surface area (Å²) in [4.78, 5) is 17.2. The molecule has 2 rings (SSSR count). The third-order valence-electron chi connectivity index (χ3n) is 3.00. The fourth-order valence-corrected chi connectivity index (χ4v) is 1.91. The Morgan fingerprint density at radius 3 is 2.67 bits per heavy atom. The maximum absolute atomic E-state index is 5.36. The van der Waals surface area contributed by atoms with Crippen molar-refractivity contribution in [2.45, 2.75) is 12.5 Å². The van der Waals surface area contributed by atoms with E-state index in [0.29, 0.717) is 17.8 Å². The van der Waals surface area contributed by atoms with Crippen molar-refractivity contribution < 1.29 is 4.74 Å². The van der Waals surface area contributed by atoms with Crippen LogP contribution in [-0.2, 0) is 4.74 Å². The summed E-state index contributed by atoms with van der Waals surface area (Å²) in [5, 5.41) is 2.96. The van der Waals surface area contributed by atoms with Gasteiger partial charge in [0.2, 0.25) is 17.8 Å². The van der Waals surface area contributed by atoms with Gasteiger partial charge in [-0.3, -0.25) is 0 Å². The van der Waals surface area contributed by atoms with Crippen molar-refractivity contribution in [2.24, 2.45) is 0 Å². The summed E-state index contributed by atoms with van der Waals surface area (Å²) in [6.45, 7) is 1.75. The van der Waals surface area contributed by atoms with Crippen molar-refractivity contribution >= 4 is 17.8 Å². The zero-order valence-electron chi connectivity index (χ0n) is 11.3. The molecule has 0 saturated carbocycles. The molecular weight excluding hydrogens is 232 g/mol. The van der Waals surface area contributed by atoms with Crippen molar-refractivity contribution in [3.8, 4) is 0 Å². The quantitative estimate of drug-likeness (QED) is 0.821. The summed E-state index contributed by atoms with van der Waals surface area (Å²) in [6, 6.07) is 0. The van der Waals surface area contributed by atoms with E-state index < -0.39 is 0 Å². The van der Waals surface area contributed by atoms with Crippen LogP contribution in [0.25, 0.3) is 0 Å². The second-order valence-corrected chi connectivity index (χ2v) is 4.50. The molecule has 1 unspecified atom stereocenters. The van der Waals surface area contributed by atoms with Gasteiger partial charge in [-0.05, 0) is 6.42 Å². The molecule has 0 radical (unpaired) electrons. The maximum atomic E-state index is 5.36. The molecule has 0 amide bonds. The van der Waals surface area contributed by atoms with Crippen molar-refractivity contribution in [2.75, 3.05) is 56.5 Å². The molecule has 0 bridgehead atoms. The number of anilines is 3. The molecule has 1 aliphatic rings. The molecule has 0 aliphatic carbocycles. The minimum absolute atomic E-state index is 0.266. The number of methoxy groups -OCH3 is 1. The summed E-state index contributed by atoms with van der Waals surface area (Å²) in [7, 11) is 7.38. The van der Waals surface area contributed by atoms with Gasteiger partial charge in [0.15, 0.2) is 0 Å². The Labute approximate surface area is 107 Å². The molecule has 7 heteroatoms. The topological polar surface area (TPSA) is 66.4 Å². The van der Waals surface area contributed by atoms with Crippen molar-refractivity contribution in [1.82, 2.24) is 15.0 Å². The lowest BCUT2D eigenvalue weighted by atomic mass is 10.3. The van der Waals surface area contributed by atoms with Gasteiger partial charge in [0.1, 0.15) is 0 Å². The van der Waals surface area contributed by atoms with E-state index in [-0.39, 0.29) is 6.10 Å². The Morgan fingerprint density at radius 1 is 1.33 bits per heavy atom. The van der Waals surface area contributed by atoms with E-state index in [9.17, 15) is 0 Å². The lowest BCUT2D eigenvalue weighted by Crippen LogP contribution is -2.26. The fourth-order valence-electron chi connectivity index (χ4n) is 1.91. The molecule has 1 aliphatic heterocycles. The van der Waals surface area contributed by atoms with Gasteiger partial charge in [0, 0.05) is 41.3 Å². The van der Waals surface area contributed by atoms with Crippen LogP contribution < -0.4 is 15.1 Å². The average molecular weight is 252 g/mol. The molecule has 1 aromatic rings. The van der Waals surface area contributed by atoms with Crippen LogP contribution >= 0.6 is 0 Å². The second kappa shape index (κ2) is 5.34. The zero-order valence-corrected chi connectivity index (χ0v) is 11.3. The largest absolute Gasteiger partial charge is 0.380 e. The number of ether oxygens (including phenoxy) is 1. The van der Waals surface area contributed by atoms with E-state index in [0.717, 1.165) is 19.5 Å². The highest BCUT2D eigenvalue weighted by Crippen LogP contribution is 2.20. The predicted molar refractivity (Wildman–Crippen MR) is 71.3 cm³/mol. The van der Waals surface area contributed by atoms with Crippen molar-refractivity contribution in [1.29, 1.82) is 0 Å². The molecule has 7 nitrogen and oxygen atoms in total. The van der Waals surface area contributed by atoms with Gasteiger partial charge in [0.25, 0.3) is 0 Å². The molecule has 1 atom stereocenters. The molecule has 1 N–H and O–H groups in total. The number of nitrogens with one attached hydrogen (secondary N) is 1. The monoisotopic (exact) mass is 252 g/mol. The number of nitrogens with zero attached hydrogens (tertiary/aromatic N) is 5. The first kappa shape index (κ1) is 12.8. The zero-order chi connectivity index (χ0) is 13.1. The number of hydrogen-bond donors (Lipinski definition) is 1. The summed E-state index contributed by atoms with van der Waals surface area (Å²) < 4.78 is 5.36. The highest BCUT2D eigenvalue weighted by atomic mass is 16.5. The molecule has 1 saturated heterocycles. The number of aromatic nitrogens is 3. The van der Waals surface area contributed by atoms with Gasteiger partial charge in [-0.15, -0.1) is 0 Å². The second-order valence-electron chi connectivity index (χ2n) is 4.50. The van der Waals surface area contributed by atoms with Crippen LogP contribution in [-0.4, -0.2) is 62.4 Å². The number of hydrogen-bond acceptors (Lipinski definition) is 7. The lowest BCUT2D eigenvalue weighted by Gasteiger charge is -2.19. The minimum Gasteiger partial charge on any atom is -0.380 e. The lowest BCUT2D eigenvalue weighted by molar-refractivity contribution is 0.121. The third-order valence-corrected chi connectivity index (χ3v) is 3.00. The van der Waals surface area contributed by atoms with Crippen LogP contribution in [0.15, 0.2) is 0 Å². The van der Waals surface area contributed by atoms with Crippen LogP contribution in [0, 0.1) is 0 Å². The molecule has 0 aromatic carbocycles. The van der Waals surface area contributed by atoms with Crippen LogP contribution in [0.1, 0.15) is 6.42 Å². The molecule has 2 heterocycles. The first-order chi connectivity index (χ1) is 8.63. The summed E-state index contributed by atoms with van der Waals surface area (Å²) in [6.07, 6.45) is 1.27. The molecule has 1 fully saturated rings. The SMILES string of the molecule is CNc1nc(N(C)C)nc(N2CCC(OC)C2)n1. The Balaban J connectivity index is 2.24. The first-order valence-electron chi connectivity index (χ1n) is 6.03. The summed E-state index contributed by atoms with van der Waals surface area (Å²) in [5.74, 6) is 1.95. The van der Waals surface area contributed by atoms with Gasteiger partial charge in [-0.1, -0.05) is 0 Å². The van der Waals surface area contributed by atoms with Gasteiger partial charge >= 0.3 is 0 Å². The molecule has 18 heavy (non-hydrogen) atoms. The summed E-state index contributed by atoms with van der Waals surface area (Å²) >= 11 is 0. The van der Waals surface area contributed by atoms with Gasteiger partial charge in [-0.25, -0.2) is 0 Å². The van der Waals surface area contributed by atoms with E-state index >= 15 is 0 Å². The van der Waals surface area contributed by atoms with Crippen LogP contribution in [0.5, 0.6) is 0 Å². The molecule has 0 spiro atoms. The first-order valence-corrected chi connectivity index (χ1v) is 6.03. The van der Waals surface area contributed by atoms with E-state index in [4.69, 9.17) is 4.74 Å². The standard InChI is InChI=1S/C11H20N6O/c1-12-9-13-10(16(2)3)15-11(14-9)17-6-5-8(7-17)18-4/h8H,5-7H2,1-4H3,(H,12,13,14,15). The third kappa shape index (κ3) is 2.61. The van der Waals surface area contributed by atoms with Crippen molar-refractivity contribution in [3.63, 3.8) is 0 Å². The van der Waals surface area contributed by atoms with E-state index in [1.54, 1.807) is 14.2 Å². The predicted octanol–water partition coefficient (Wildman–Crippen LogP) is 0.204. The van der Waals surface area contributed by atoms with Gasteiger partial charge in [-0.2, -0.15) is 15.0 Å². The van der Waals surface area contributed by atoms with Gasteiger partial charge < -0.3 is 19.9 Å². The van der Waals surface area contributed by atoms with E-state index in [1.807, 2.05) is 19.0 Å². The smallest absolute Gasteiger partial charge is 0.232 e. The molecule has 100 valence electrons. The Kier molecular flexibility index (Phi) is 3.81. The van der Waals surface area contributed by atoms with Gasteiger partial charge in [0.05, 0.1) is 6.10 Å². The normalized spacial score (nSPS) is 19.1. The molecular formula is C11H20N6O. The Bertz CT molecular complexity index is 411. The highest BCUT2D eigenvalue weighted by Gasteiger charge is 2.25. The molecule has 1 aromatic heterocycles. The van der Waals surface area contributed by atoms with Crippen LogP contribution in [0.4, 0.5) is 17.8 Å². The Morgan fingerprint density at radius 2 is 2.11 bits per heavy atom. The highest BCUT2D eigenvalue weighted by molar-refractivity contribution is 5.44. The average Bonchev–Trinajstić information content (AvgIpc) is 2.86. The van der Waals surface area contributed by atoms with E-state index in [2.05, 4.69) is 25.2 Å². The fraction of sp³-hybridized carbons (Fsp3) is 0.727. The van der Waals surface area contributed by atoms with Crippen LogP contribution in [0.2, 0.25) is 0 Å². The Hall–Kier alpha value is -1.63.